The summed E-state index contributed by atoms with van der Waals surface area (Å²) in [5.41, 5.74) is 4.12. The van der Waals surface area contributed by atoms with Gasteiger partial charge in [0.15, 0.2) is 0 Å². The quantitative estimate of drug-likeness (QED) is 0.763. The van der Waals surface area contributed by atoms with Gasteiger partial charge in [0.05, 0.1) is 5.71 Å². The lowest BCUT2D eigenvalue weighted by Crippen LogP contribution is -2.35. The monoisotopic (exact) mass is 262 g/mol. The van der Waals surface area contributed by atoms with E-state index in [1.54, 1.807) is 0 Å². The van der Waals surface area contributed by atoms with E-state index in [2.05, 4.69) is 15.3 Å². The predicted molar refractivity (Wildman–Crippen MR) is 70.8 cm³/mol. The molecule has 1 N–H and O–H groups in total. The topological polar surface area (TPSA) is 58.8 Å². The molecular formula is C13H15FN4O. The molecule has 6 heteroatoms. The lowest BCUT2D eigenvalue weighted by Gasteiger charge is -2.17. The summed E-state index contributed by atoms with van der Waals surface area (Å²) in [7, 11) is 0. The highest BCUT2D eigenvalue weighted by Crippen LogP contribution is 2.26. The fourth-order valence-corrected chi connectivity index (χ4v) is 2.90. The molecule has 2 aliphatic heterocycles. The zero-order chi connectivity index (χ0) is 13.6. The van der Waals surface area contributed by atoms with Crippen LogP contribution in [0.5, 0.6) is 0 Å². The van der Waals surface area contributed by atoms with E-state index < -0.39 is 6.09 Å². The van der Waals surface area contributed by atoms with Gasteiger partial charge in [-0.1, -0.05) is 0 Å². The number of amidine groups is 1. The summed E-state index contributed by atoms with van der Waals surface area (Å²) in [6.45, 7) is 5.64. The smallest absolute Gasteiger partial charge is 0.304 e. The van der Waals surface area contributed by atoms with Crippen LogP contribution >= 0.6 is 0 Å². The SMILES string of the molecule is Cc1c(C2=NC(F)=NCC2)c(C)n2c1C(=O)NCC2. The molecule has 3 rings (SSSR count). The van der Waals surface area contributed by atoms with Gasteiger partial charge in [0, 0.05) is 37.3 Å². The number of aliphatic imine (C=N–C) groups is 2. The van der Waals surface area contributed by atoms with Crippen molar-refractivity contribution >= 4 is 17.7 Å². The predicted octanol–water partition coefficient (Wildman–Crippen LogP) is 1.37. The van der Waals surface area contributed by atoms with Crippen LogP contribution in [0.15, 0.2) is 9.98 Å². The maximum Gasteiger partial charge on any atom is 0.304 e. The van der Waals surface area contributed by atoms with Gasteiger partial charge >= 0.3 is 6.09 Å². The summed E-state index contributed by atoms with van der Waals surface area (Å²) < 4.78 is 15.2. The van der Waals surface area contributed by atoms with E-state index in [0.717, 1.165) is 23.4 Å². The van der Waals surface area contributed by atoms with Gasteiger partial charge in [-0.05, 0) is 19.4 Å². The number of amides is 1. The van der Waals surface area contributed by atoms with Crippen molar-refractivity contribution in [2.24, 2.45) is 9.98 Å². The number of nitrogens with one attached hydrogen (secondary N) is 1. The summed E-state index contributed by atoms with van der Waals surface area (Å²) >= 11 is 0. The van der Waals surface area contributed by atoms with Crippen LogP contribution < -0.4 is 5.32 Å². The summed E-state index contributed by atoms with van der Waals surface area (Å²) in [6.07, 6.45) is -0.0612. The number of halogens is 1. The third-order valence-corrected chi connectivity index (χ3v) is 3.71. The van der Waals surface area contributed by atoms with Gasteiger partial charge in [0.2, 0.25) is 0 Å². The molecule has 0 fully saturated rings. The third kappa shape index (κ3) is 1.78. The molecule has 19 heavy (non-hydrogen) atoms. The lowest BCUT2D eigenvalue weighted by molar-refractivity contribution is 0.0926. The van der Waals surface area contributed by atoms with E-state index in [-0.39, 0.29) is 5.91 Å². The summed E-state index contributed by atoms with van der Waals surface area (Å²) in [4.78, 5) is 19.5. The molecule has 5 nitrogen and oxygen atoms in total. The van der Waals surface area contributed by atoms with E-state index in [1.165, 1.54) is 0 Å². The second-order valence-corrected chi connectivity index (χ2v) is 4.80. The van der Waals surface area contributed by atoms with Crippen molar-refractivity contribution in [1.82, 2.24) is 9.88 Å². The molecule has 3 heterocycles. The van der Waals surface area contributed by atoms with E-state index in [0.29, 0.717) is 30.9 Å². The number of carbonyl (C=O) groups is 1. The molecule has 100 valence electrons. The minimum absolute atomic E-state index is 0.0661. The standard InChI is InChI=1S/C13H15FN4O/c1-7-10(9-3-4-16-13(14)17-9)8(2)18-6-5-15-12(19)11(7)18/h3-6H2,1-2H3,(H,15,19). The fraction of sp³-hybridized carbons (Fsp3) is 0.462. The highest BCUT2D eigenvalue weighted by Gasteiger charge is 2.28. The van der Waals surface area contributed by atoms with Crippen molar-refractivity contribution in [3.05, 3.63) is 22.5 Å². The van der Waals surface area contributed by atoms with Crippen LogP contribution in [0.2, 0.25) is 0 Å². The van der Waals surface area contributed by atoms with Gasteiger partial charge in [-0.15, -0.1) is 0 Å². The molecule has 0 aliphatic carbocycles. The van der Waals surface area contributed by atoms with Crippen molar-refractivity contribution in [1.29, 1.82) is 0 Å². The first-order valence-electron chi connectivity index (χ1n) is 6.35. The first-order chi connectivity index (χ1) is 9.09. The number of aromatic nitrogens is 1. The molecule has 0 atom stereocenters. The van der Waals surface area contributed by atoms with Crippen molar-refractivity contribution in [2.45, 2.75) is 26.8 Å². The zero-order valence-corrected chi connectivity index (χ0v) is 11.0. The van der Waals surface area contributed by atoms with Crippen molar-refractivity contribution in [3.8, 4) is 0 Å². The van der Waals surface area contributed by atoms with Gasteiger partial charge in [0.25, 0.3) is 5.91 Å². The Morgan fingerprint density at radius 1 is 1.37 bits per heavy atom. The minimum atomic E-state index is -0.673. The molecule has 1 aromatic rings. The van der Waals surface area contributed by atoms with Crippen molar-refractivity contribution in [2.75, 3.05) is 13.1 Å². The van der Waals surface area contributed by atoms with Gasteiger partial charge in [-0.2, -0.15) is 4.39 Å². The summed E-state index contributed by atoms with van der Waals surface area (Å²) in [5.74, 6) is -0.0661. The zero-order valence-electron chi connectivity index (χ0n) is 11.0. The average Bonchev–Trinajstić information content (AvgIpc) is 2.63. The van der Waals surface area contributed by atoms with E-state index >= 15 is 0 Å². The highest BCUT2D eigenvalue weighted by atomic mass is 19.1. The molecule has 0 aromatic carbocycles. The van der Waals surface area contributed by atoms with E-state index in [9.17, 15) is 9.18 Å². The molecule has 0 saturated carbocycles. The number of carbonyl (C=O) groups excluding carboxylic acids is 1. The van der Waals surface area contributed by atoms with Gasteiger partial charge < -0.3 is 9.88 Å². The normalized spacial score (nSPS) is 18.6. The Bertz CT molecular complexity index is 627. The maximum atomic E-state index is 13.2. The first-order valence-corrected chi connectivity index (χ1v) is 6.35. The lowest BCUT2D eigenvalue weighted by atomic mass is 10.0. The number of hydrogen-bond donors (Lipinski definition) is 1. The van der Waals surface area contributed by atoms with Crippen LogP contribution in [0, 0.1) is 13.8 Å². The Balaban J connectivity index is 2.18. The maximum absolute atomic E-state index is 13.2. The third-order valence-electron chi connectivity index (χ3n) is 3.71. The van der Waals surface area contributed by atoms with Crippen LogP contribution in [0.1, 0.15) is 33.7 Å². The summed E-state index contributed by atoms with van der Waals surface area (Å²) in [6, 6.07) is 0. The largest absolute Gasteiger partial charge is 0.349 e. The molecule has 0 unspecified atom stereocenters. The van der Waals surface area contributed by atoms with Crippen LogP contribution in [0.3, 0.4) is 0 Å². The second kappa shape index (κ2) is 4.29. The molecule has 1 aromatic heterocycles. The van der Waals surface area contributed by atoms with Crippen LogP contribution in [0.25, 0.3) is 0 Å². The van der Waals surface area contributed by atoms with Crippen molar-refractivity contribution < 1.29 is 9.18 Å². The Morgan fingerprint density at radius 3 is 2.84 bits per heavy atom. The fourth-order valence-electron chi connectivity index (χ4n) is 2.90. The van der Waals surface area contributed by atoms with Crippen LogP contribution in [-0.4, -0.2) is 35.4 Å². The van der Waals surface area contributed by atoms with Gasteiger partial charge in [-0.3, -0.25) is 4.79 Å². The Morgan fingerprint density at radius 2 is 2.16 bits per heavy atom. The number of rotatable bonds is 1. The molecule has 0 radical (unpaired) electrons. The van der Waals surface area contributed by atoms with Crippen molar-refractivity contribution in [3.63, 3.8) is 0 Å². The number of hydrogen-bond acceptors (Lipinski definition) is 3. The molecule has 0 saturated heterocycles. The van der Waals surface area contributed by atoms with E-state index in [1.807, 2.05) is 18.4 Å². The van der Waals surface area contributed by atoms with Crippen LogP contribution in [-0.2, 0) is 6.54 Å². The highest BCUT2D eigenvalue weighted by molar-refractivity contribution is 6.11. The molecule has 1 amide bonds. The Kier molecular flexibility index (Phi) is 2.73. The first kappa shape index (κ1) is 12.1. The van der Waals surface area contributed by atoms with Gasteiger partial charge in [0.1, 0.15) is 5.69 Å². The summed E-state index contributed by atoms with van der Waals surface area (Å²) in [5, 5.41) is 2.83. The number of nitrogens with zero attached hydrogens (tertiary/aromatic N) is 3. The molecular weight excluding hydrogens is 247 g/mol. The number of fused-ring (bicyclic) bond motifs is 1. The van der Waals surface area contributed by atoms with Gasteiger partial charge in [-0.25, -0.2) is 9.98 Å². The second-order valence-electron chi connectivity index (χ2n) is 4.80. The minimum Gasteiger partial charge on any atom is -0.349 e. The molecule has 0 spiro atoms. The van der Waals surface area contributed by atoms with E-state index in [4.69, 9.17) is 0 Å². The molecule has 0 bridgehead atoms. The Labute approximate surface area is 110 Å². The molecule has 2 aliphatic rings. The average molecular weight is 262 g/mol. The van der Waals surface area contributed by atoms with Crippen LogP contribution in [0.4, 0.5) is 4.39 Å². The Hall–Kier alpha value is -1.98.